The van der Waals surface area contributed by atoms with Crippen LogP contribution < -0.4 is 0 Å². The van der Waals surface area contributed by atoms with Gasteiger partial charge in [-0.3, -0.25) is 9.69 Å². The van der Waals surface area contributed by atoms with E-state index < -0.39 is 5.97 Å². The van der Waals surface area contributed by atoms with Crippen LogP contribution in [0.5, 0.6) is 0 Å². The summed E-state index contributed by atoms with van der Waals surface area (Å²) in [6, 6.07) is 7.04. The third-order valence-electron chi connectivity index (χ3n) is 4.01. The molecule has 0 aliphatic carbocycles. The van der Waals surface area contributed by atoms with Crippen molar-refractivity contribution < 1.29 is 14.7 Å². The molecule has 1 N–H and O–H groups in total. The Morgan fingerprint density at radius 2 is 1.86 bits per heavy atom. The van der Waals surface area contributed by atoms with Crippen LogP contribution in [0.15, 0.2) is 24.3 Å². The second kappa shape index (κ2) is 6.08. The molecule has 0 atom stereocenters. The van der Waals surface area contributed by atoms with Crippen molar-refractivity contribution >= 4 is 11.9 Å². The van der Waals surface area contributed by atoms with Crippen molar-refractivity contribution in [2.45, 2.75) is 45.8 Å². The second-order valence-electron chi connectivity index (χ2n) is 6.82. The van der Waals surface area contributed by atoms with Gasteiger partial charge >= 0.3 is 5.97 Å². The van der Waals surface area contributed by atoms with Gasteiger partial charge in [-0.15, -0.1) is 0 Å². The number of carbonyl (C=O) groups excluding carboxylic acids is 1. The summed E-state index contributed by atoms with van der Waals surface area (Å²) in [6.07, 6.45) is 0. The topological polar surface area (TPSA) is 60.9 Å². The highest BCUT2D eigenvalue weighted by molar-refractivity contribution is 5.87. The molecule has 1 saturated heterocycles. The molecule has 1 heterocycles. The zero-order valence-corrected chi connectivity index (χ0v) is 13.7. The van der Waals surface area contributed by atoms with Crippen molar-refractivity contribution in [1.82, 2.24) is 9.80 Å². The van der Waals surface area contributed by atoms with Gasteiger partial charge in [-0.2, -0.15) is 0 Å². The zero-order chi connectivity index (χ0) is 16.5. The number of hydrogen-bond acceptors (Lipinski definition) is 3. The van der Waals surface area contributed by atoms with E-state index in [4.69, 9.17) is 5.11 Å². The predicted molar refractivity (Wildman–Crippen MR) is 84.7 cm³/mol. The molecule has 5 heteroatoms. The first-order valence-electron chi connectivity index (χ1n) is 7.57. The highest BCUT2D eigenvalue weighted by Crippen LogP contribution is 2.25. The number of rotatable bonds is 4. The van der Waals surface area contributed by atoms with Gasteiger partial charge in [0.15, 0.2) is 0 Å². The van der Waals surface area contributed by atoms with Gasteiger partial charge in [-0.25, -0.2) is 4.79 Å². The summed E-state index contributed by atoms with van der Waals surface area (Å²) in [5, 5.41) is 8.92. The van der Waals surface area contributed by atoms with Crippen molar-refractivity contribution in [3.8, 4) is 0 Å². The molecule has 0 unspecified atom stereocenters. The second-order valence-corrected chi connectivity index (χ2v) is 6.82. The first-order chi connectivity index (χ1) is 10.2. The molecule has 0 aromatic heterocycles. The number of aromatic carboxylic acids is 1. The molecule has 1 aromatic carbocycles. The molecule has 1 aliphatic rings. The molecule has 1 aliphatic heterocycles. The highest BCUT2D eigenvalue weighted by Gasteiger charge is 2.39. The molecule has 120 valence electrons. The van der Waals surface area contributed by atoms with Crippen LogP contribution in [0.2, 0.25) is 0 Å². The van der Waals surface area contributed by atoms with Crippen LogP contribution in [-0.2, 0) is 11.3 Å². The lowest BCUT2D eigenvalue weighted by atomic mass is 9.96. The summed E-state index contributed by atoms with van der Waals surface area (Å²) in [5.41, 5.74) is 1.10. The Bertz CT molecular complexity index is 564. The molecule has 2 rings (SSSR count). The van der Waals surface area contributed by atoms with Crippen LogP contribution in [0, 0.1) is 0 Å². The van der Waals surface area contributed by atoms with Crippen LogP contribution in [0.3, 0.4) is 0 Å². The number of carboxylic acids is 1. The number of amides is 1. The molecule has 1 amide bonds. The van der Waals surface area contributed by atoms with E-state index >= 15 is 0 Å². The minimum atomic E-state index is -0.923. The normalized spacial score (nSPS) is 18.8. The third-order valence-corrected chi connectivity index (χ3v) is 4.01. The fourth-order valence-corrected chi connectivity index (χ4v) is 3.39. The Labute approximate surface area is 131 Å². The maximum Gasteiger partial charge on any atom is 0.335 e. The van der Waals surface area contributed by atoms with Crippen LogP contribution in [0.4, 0.5) is 0 Å². The standard InChI is InChI=1S/C17H24N2O3/c1-12(2)19-15(20)10-18(11-17(19,3)4)9-13-5-7-14(8-6-13)16(21)22/h5-8,12H,9-11H2,1-4H3,(H,21,22). The van der Waals surface area contributed by atoms with Crippen LogP contribution in [0.25, 0.3) is 0 Å². The molecular formula is C17H24N2O3. The molecule has 22 heavy (non-hydrogen) atoms. The Morgan fingerprint density at radius 1 is 1.27 bits per heavy atom. The summed E-state index contributed by atoms with van der Waals surface area (Å²) in [5.74, 6) is -0.776. The van der Waals surface area contributed by atoms with E-state index in [0.717, 1.165) is 12.1 Å². The molecule has 1 fully saturated rings. The predicted octanol–water partition coefficient (Wildman–Crippen LogP) is 2.22. The van der Waals surface area contributed by atoms with E-state index in [-0.39, 0.29) is 23.1 Å². The van der Waals surface area contributed by atoms with E-state index in [1.807, 2.05) is 30.9 Å². The summed E-state index contributed by atoms with van der Waals surface area (Å²) in [6.45, 7) is 10.1. The molecule has 1 aromatic rings. The average Bonchev–Trinajstić information content (AvgIpc) is 2.36. The van der Waals surface area contributed by atoms with Crippen molar-refractivity contribution in [2.24, 2.45) is 0 Å². The van der Waals surface area contributed by atoms with E-state index in [0.29, 0.717) is 13.1 Å². The van der Waals surface area contributed by atoms with Gasteiger partial charge in [-0.1, -0.05) is 12.1 Å². The van der Waals surface area contributed by atoms with Crippen molar-refractivity contribution in [1.29, 1.82) is 0 Å². The Hall–Kier alpha value is -1.88. The maximum absolute atomic E-state index is 12.4. The SMILES string of the molecule is CC(C)N1C(=O)CN(Cc2ccc(C(=O)O)cc2)CC1(C)C. The van der Waals surface area contributed by atoms with E-state index in [9.17, 15) is 9.59 Å². The molecule has 5 nitrogen and oxygen atoms in total. The largest absolute Gasteiger partial charge is 0.478 e. The van der Waals surface area contributed by atoms with Gasteiger partial charge in [0, 0.05) is 19.1 Å². The highest BCUT2D eigenvalue weighted by atomic mass is 16.4. The molecule has 0 saturated carbocycles. The minimum absolute atomic E-state index is 0.147. The van der Waals surface area contributed by atoms with Crippen molar-refractivity contribution in [3.63, 3.8) is 0 Å². The van der Waals surface area contributed by atoms with E-state index in [1.165, 1.54) is 0 Å². The van der Waals surface area contributed by atoms with Crippen LogP contribution >= 0.6 is 0 Å². The van der Waals surface area contributed by atoms with Gasteiger partial charge in [0.2, 0.25) is 5.91 Å². The van der Waals surface area contributed by atoms with Crippen molar-refractivity contribution in [2.75, 3.05) is 13.1 Å². The summed E-state index contributed by atoms with van der Waals surface area (Å²) < 4.78 is 0. The number of carboxylic acid groups (broad SMARTS) is 1. The van der Waals surface area contributed by atoms with Gasteiger partial charge < -0.3 is 10.0 Å². The average molecular weight is 304 g/mol. The molecular weight excluding hydrogens is 280 g/mol. The van der Waals surface area contributed by atoms with Crippen molar-refractivity contribution in [3.05, 3.63) is 35.4 Å². The van der Waals surface area contributed by atoms with E-state index in [2.05, 4.69) is 18.7 Å². The fraction of sp³-hybridized carbons (Fsp3) is 0.529. The fourth-order valence-electron chi connectivity index (χ4n) is 3.39. The third kappa shape index (κ3) is 3.47. The van der Waals surface area contributed by atoms with Gasteiger partial charge in [0.25, 0.3) is 0 Å². The Kier molecular flexibility index (Phi) is 4.56. The lowest BCUT2D eigenvalue weighted by Crippen LogP contribution is -2.63. The lowest BCUT2D eigenvalue weighted by Gasteiger charge is -2.49. The summed E-state index contributed by atoms with van der Waals surface area (Å²) >= 11 is 0. The first-order valence-corrected chi connectivity index (χ1v) is 7.57. The number of piperazine rings is 1. The van der Waals surface area contributed by atoms with Crippen LogP contribution in [0.1, 0.15) is 43.6 Å². The van der Waals surface area contributed by atoms with E-state index in [1.54, 1.807) is 12.1 Å². The molecule has 0 bridgehead atoms. The molecule has 0 spiro atoms. The van der Waals surface area contributed by atoms with Gasteiger partial charge in [0.05, 0.1) is 17.6 Å². The quantitative estimate of drug-likeness (QED) is 0.926. The minimum Gasteiger partial charge on any atom is -0.478 e. The lowest BCUT2D eigenvalue weighted by molar-refractivity contribution is -0.148. The number of carbonyl (C=O) groups is 2. The van der Waals surface area contributed by atoms with Gasteiger partial charge in [0.1, 0.15) is 0 Å². The summed E-state index contributed by atoms with van der Waals surface area (Å²) in [4.78, 5) is 27.3. The number of hydrogen-bond donors (Lipinski definition) is 1. The first kappa shape index (κ1) is 16.5. The van der Waals surface area contributed by atoms with Gasteiger partial charge in [-0.05, 0) is 45.4 Å². The Balaban J connectivity index is 2.08. The Morgan fingerprint density at radius 3 is 2.32 bits per heavy atom. The number of nitrogens with zero attached hydrogens (tertiary/aromatic N) is 2. The molecule has 0 radical (unpaired) electrons. The maximum atomic E-state index is 12.4. The summed E-state index contributed by atoms with van der Waals surface area (Å²) in [7, 11) is 0. The number of benzene rings is 1. The van der Waals surface area contributed by atoms with Crippen LogP contribution in [-0.4, -0.2) is 51.5 Å². The monoisotopic (exact) mass is 304 g/mol. The smallest absolute Gasteiger partial charge is 0.335 e. The zero-order valence-electron chi connectivity index (χ0n) is 13.7.